The van der Waals surface area contributed by atoms with Gasteiger partial charge in [-0.25, -0.2) is 9.78 Å². The van der Waals surface area contributed by atoms with E-state index in [1.807, 2.05) is 97.9 Å². The Labute approximate surface area is 201 Å². The van der Waals surface area contributed by atoms with Crippen molar-refractivity contribution in [3.8, 4) is 0 Å². The molecule has 3 aromatic carbocycles. The highest BCUT2D eigenvalue weighted by Crippen LogP contribution is 2.41. The molecular weight excluding hydrogens is 456 g/mol. The van der Waals surface area contributed by atoms with E-state index in [0.717, 1.165) is 21.7 Å². The van der Waals surface area contributed by atoms with E-state index in [1.165, 1.54) is 11.3 Å². The third kappa shape index (κ3) is 4.53. The van der Waals surface area contributed by atoms with Crippen LogP contribution in [-0.2, 0) is 21.7 Å². The molecule has 0 unspecified atom stereocenters. The van der Waals surface area contributed by atoms with E-state index in [1.54, 1.807) is 0 Å². The lowest BCUT2D eigenvalue weighted by molar-refractivity contribution is -0.129. The van der Waals surface area contributed by atoms with Gasteiger partial charge >= 0.3 is 5.97 Å². The molecule has 0 aliphatic carbocycles. The highest BCUT2D eigenvalue weighted by atomic mass is 35.5. The zero-order valence-electron chi connectivity index (χ0n) is 17.8. The van der Waals surface area contributed by atoms with E-state index in [2.05, 4.69) is 10.1 Å². The molecule has 33 heavy (non-hydrogen) atoms. The van der Waals surface area contributed by atoms with Crippen LogP contribution in [0.3, 0.4) is 0 Å². The summed E-state index contributed by atoms with van der Waals surface area (Å²) in [6, 6.07) is 28.8. The van der Waals surface area contributed by atoms with Crippen molar-refractivity contribution in [2.75, 3.05) is 0 Å². The van der Waals surface area contributed by atoms with Gasteiger partial charge in [-0.05, 0) is 6.42 Å². The van der Waals surface area contributed by atoms with E-state index in [9.17, 15) is 9.90 Å². The Morgan fingerprint density at radius 2 is 1.39 bits per heavy atom. The minimum atomic E-state index is -1.27. The molecule has 0 bridgehead atoms. The van der Waals surface area contributed by atoms with Crippen LogP contribution in [0.15, 0.2) is 96.2 Å². The standard InChI is InChI=1S/C26H21ClN2O3S/c1-2-21-28-22(24(27)33-21)23(25(30)31)29-32-26(18-12-6-3-7-13-18,19-14-8-4-9-15-19)20-16-10-5-11-17-20/h3-17H,2H2,1H3,(H,30,31)/b29-23-. The molecule has 0 radical (unpaired) electrons. The normalized spacial score (nSPS) is 11.9. The Bertz CT molecular complexity index is 1160. The zero-order chi connectivity index (χ0) is 23.3. The van der Waals surface area contributed by atoms with Gasteiger partial charge in [0.2, 0.25) is 11.3 Å². The maximum Gasteiger partial charge on any atom is 0.360 e. The van der Waals surface area contributed by atoms with Crippen molar-refractivity contribution in [3.05, 3.63) is 123 Å². The molecule has 1 heterocycles. The second-order valence-corrected chi connectivity index (χ2v) is 8.88. The number of carboxylic acid groups (broad SMARTS) is 1. The number of oxime groups is 1. The predicted octanol–water partition coefficient (Wildman–Crippen LogP) is 6.16. The predicted molar refractivity (Wildman–Crippen MR) is 131 cm³/mol. The van der Waals surface area contributed by atoms with E-state index in [-0.39, 0.29) is 15.7 Å². The third-order valence-electron chi connectivity index (χ3n) is 5.17. The number of benzene rings is 3. The summed E-state index contributed by atoms with van der Waals surface area (Å²) in [5.41, 5.74) is 0.969. The number of carboxylic acids is 1. The summed E-state index contributed by atoms with van der Waals surface area (Å²) in [4.78, 5) is 22.8. The van der Waals surface area contributed by atoms with Gasteiger partial charge in [0, 0.05) is 16.7 Å². The molecule has 0 spiro atoms. The number of hydrogen-bond donors (Lipinski definition) is 1. The molecule has 4 rings (SSSR count). The smallest absolute Gasteiger partial charge is 0.360 e. The molecule has 4 aromatic rings. The van der Waals surface area contributed by atoms with Crippen molar-refractivity contribution in [2.24, 2.45) is 5.16 Å². The average Bonchev–Trinajstić information content (AvgIpc) is 3.23. The topological polar surface area (TPSA) is 71.8 Å². The molecule has 0 fully saturated rings. The largest absolute Gasteiger partial charge is 0.476 e. The number of hydrogen-bond acceptors (Lipinski definition) is 5. The lowest BCUT2D eigenvalue weighted by Gasteiger charge is -2.33. The van der Waals surface area contributed by atoms with Crippen LogP contribution in [0, 0.1) is 0 Å². The van der Waals surface area contributed by atoms with Crippen LogP contribution in [0.1, 0.15) is 34.3 Å². The van der Waals surface area contributed by atoms with Crippen LogP contribution in [0.2, 0.25) is 4.34 Å². The summed E-state index contributed by atoms with van der Waals surface area (Å²) >= 11 is 7.56. The Morgan fingerprint density at radius 1 is 0.939 bits per heavy atom. The molecule has 0 aliphatic heterocycles. The molecule has 166 valence electrons. The molecule has 0 saturated heterocycles. The van der Waals surface area contributed by atoms with Gasteiger partial charge < -0.3 is 9.94 Å². The van der Waals surface area contributed by atoms with Crippen LogP contribution >= 0.6 is 22.9 Å². The van der Waals surface area contributed by atoms with Crippen molar-refractivity contribution in [2.45, 2.75) is 18.9 Å². The number of rotatable bonds is 8. The van der Waals surface area contributed by atoms with E-state index < -0.39 is 11.6 Å². The number of aromatic nitrogens is 1. The first-order valence-corrected chi connectivity index (χ1v) is 11.6. The lowest BCUT2D eigenvalue weighted by atomic mass is 9.80. The van der Waals surface area contributed by atoms with Gasteiger partial charge in [0.25, 0.3) is 0 Å². The van der Waals surface area contributed by atoms with Gasteiger partial charge in [0.1, 0.15) is 10.0 Å². The Morgan fingerprint density at radius 3 is 1.76 bits per heavy atom. The maximum atomic E-state index is 12.2. The quantitative estimate of drug-likeness (QED) is 0.188. The third-order valence-corrected chi connectivity index (χ3v) is 6.57. The van der Waals surface area contributed by atoms with Gasteiger partial charge in [-0.1, -0.05) is 115 Å². The first-order chi connectivity index (χ1) is 16.1. The number of nitrogens with zero attached hydrogens (tertiary/aromatic N) is 2. The second kappa shape index (κ2) is 9.98. The maximum absolute atomic E-state index is 12.2. The van der Waals surface area contributed by atoms with E-state index in [0.29, 0.717) is 6.42 Å². The summed E-state index contributed by atoms with van der Waals surface area (Å²) < 4.78 is 0.265. The summed E-state index contributed by atoms with van der Waals surface area (Å²) in [7, 11) is 0. The molecule has 0 atom stereocenters. The van der Waals surface area contributed by atoms with E-state index in [4.69, 9.17) is 16.4 Å². The Balaban J connectivity index is 1.95. The molecule has 7 heteroatoms. The summed E-state index contributed by atoms with van der Waals surface area (Å²) in [5.74, 6) is -1.27. The fourth-order valence-corrected chi connectivity index (χ4v) is 4.74. The second-order valence-electron chi connectivity index (χ2n) is 7.20. The van der Waals surface area contributed by atoms with Gasteiger partial charge in [-0.3, -0.25) is 0 Å². The van der Waals surface area contributed by atoms with Gasteiger partial charge in [-0.15, -0.1) is 11.3 Å². The zero-order valence-corrected chi connectivity index (χ0v) is 19.4. The molecule has 1 N–H and O–H groups in total. The summed E-state index contributed by atoms with van der Waals surface area (Å²) in [6.07, 6.45) is 0.639. The number of thiazole rings is 1. The van der Waals surface area contributed by atoms with Crippen LogP contribution in [-0.4, -0.2) is 21.8 Å². The molecule has 1 aromatic heterocycles. The van der Waals surface area contributed by atoms with Crippen molar-refractivity contribution < 1.29 is 14.7 Å². The van der Waals surface area contributed by atoms with Gasteiger partial charge in [0.15, 0.2) is 0 Å². The summed E-state index contributed by atoms with van der Waals surface area (Å²) in [6.45, 7) is 1.93. The first kappa shape index (κ1) is 22.7. The van der Waals surface area contributed by atoms with Crippen molar-refractivity contribution in [1.29, 1.82) is 0 Å². The Kier molecular flexibility index (Phi) is 6.87. The minimum Gasteiger partial charge on any atom is -0.476 e. The van der Waals surface area contributed by atoms with Crippen LogP contribution < -0.4 is 0 Å². The molecule has 0 aliphatic rings. The molecule has 0 amide bonds. The number of aryl methyl sites for hydroxylation is 1. The van der Waals surface area contributed by atoms with Crippen molar-refractivity contribution >= 4 is 34.6 Å². The molecule has 0 saturated carbocycles. The monoisotopic (exact) mass is 476 g/mol. The van der Waals surface area contributed by atoms with Crippen molar-refractivity contribution in [3.63, 3.8) is 0 Å². The molecular formula is C26H21ClN2O3S. The van der Waals surface area contributed by atoms with Crippen LogP contribution in [0.25, 0.3) is 0 Å². The first-order valence-electron chi connectivity index (χ1n) is 10.4. The molecule has 5 nitrogen and oxygen atoms in total. The van der Waals surface area contributed by atoms with E-state index >= 15 is 0 Å². The lowest BCUT2D eigenvalue weighted by Crippen LogP contribution is -2.32. The van der Waals surface area contributed by atoms with Gasteiger partial charge in [0.05, 0.1) is 5.01 Å². The number of carbonyl (C=O) groups is 1. The minimum absolute atomic E-state index is 0.106. The van der Waals surface area contributed by atoms with Gasteiger partial charge in [-0.2, -0.15) is 0 Å². The number of aliphatic carboxylic acids is 1. The average molecular weight is 477 g/mol. The van der Waals surface area contributed by atoms with Crippen LogP contribution in [0.4, 0.5) is 0 Å². The highest BCUT2D eigenvalue weighted by Gasteiger charge is 2.40. The van der Waals surface area contributed by atoms with Crippen molar-refractivity contribution in [1.82, 2.24) is 4.98 Å². The summed E-state index contributed by atoms with van der Waals surface area (Å²) in [5, 5.41) is 14.8. The fourth-order valence-electron chi connectivity index (χ4n) is 3.61. The van der Waals surface area contributed by atoms with Crippen LogP contribution in [0.5, 0.6) is 0 Å². The SMILES string of the molecule is CCc1nc(/C(=N/OC(c2ccccc2)(c2ccccc2)c2ccccc2)C(=O)O)c(Cl)s1. The highest BCUT2D eigenvalue weighted by molar-refractivity contribution is 7.16. The Hall–Kier alpha value is -3.48. The fraction of sp³-hybridized carbons (Fsp3) is 0.115. The number of halogens is 1.